The van der Waals surface area contributed by atoms with E-state index in [1.165, 1.54) is 6.42 Å². The minimum absolute atomic E-state index is 0.00386. The lowest BCUT2D eigenvalue weighted by Gasteiger charge is -2.29. The van der Waals surface area contributed by atoms with Crippen LogP contribution in [0.5, 0.6) is 5.75 Å². The van der Waals surface area contributed by atoms with Gasteiger partial charge in [0.2, 0.25) is 10.0 Å². The van der Waals surface area contributed by atoms with Crippen LogP contribution in [0.15, 0.2) is 29.2 Å². The van der Waals surface area contributed by atoms with Gasteiger partial charge in [0.05, 0.1) is 4.90 Å². The molecular formula is C19H28N2O4S. The summed E-state index contributed by atoms with van der Waals surface area (Å²) in [5.74, 6) is 1.08. The fourth-order valence-corrected chi connectivity index (χ4v) is 4.93. The summed E-state index contributed by atoms with van der Waals surface area (Å²) >= 11 is 0. The molecule has 2 aliphatic heterocycles. The molecule has 7 heteroatoms. The Balaban J connectivity index is 1.56. The minimum atomic E-state index is -3.45. The van der Waals surface area contributed by atoms with Gasteiger partial charge < -0.3 is 9.64 Å². The summed E-state index contributed by atoms with van der Waals surface area (Å²) in [4.78, 5) is 14.2. The van der Waals surface area contributed by atoms with Gasteiger partial charge >= 0.3 is 0 Å². The third kappa shape index (κ3) is 4.57. The van der Waals surface area contributed by atoms with Crippen LogP contribution in [0, 0.1) is 5.92 Å². The Morgan fingerprint density at radius 3 is 2.27 bits per heavy atom. The number of hydrogen-bond acceptors (Lipinski definition) is 4. The molecule has 1 aromatic carbocycles. The molecule has 2 aliphatic rings. The van der Waals surface area contributed by atoms with Crippen molar-refractivity contribution in [2.45, 2.75) is 43.9 Å². The van der Waals surface area contributed by atoms with Gasteiger partial charge in [-0.15, -0.1) is 0 Å². The fourth-order valence-electron chi connectivity index (χ4n) is 3.46. The summed E-state index contributed by atoms with van der Waals surface area (Å²) in [6.07, 6.45) is 5.08. The number of benzene rings is 1. The lowest BCUT2D eigenvalue weighted by Crippen LogP contribution is -2.38. The molecule has 1 aromatic rings. The Kier molecular flexibility index (Phi) is 6.19. The van der Waals surface area contributed by atoms with Crippen LogP contribution in [0.4, 0.5) is 0 Å². The number of sulfonamides is 1. The van der Waals surface area contributed by atoms with Crippen LogP contribution in [0.25, 0.3) is 0 Å². The molecule has 0 bridgehead atoms. The SMILES string of the molecule is CC1CCN(S(=O)(=O)c2ccc(OCC(=O)N3CCCCC3)cc2)CC1. The first-order valence-corrected chi connectivity index (χ1v) is 10.9. The van der Waals surface area contributed by atoms with Crippen LogP contribution in [0.2, 0.25) is 0 Å². The van der Waals surface area contributed by atoms with Crippen LogP contribution in [-0.2, 0) is 14.8 Å². The first-order chi connectivity index (χ1) is 12.5. The highest BCUT2D eigenvalue weighted by molar-refractivity contribution is 7.89. The minimum Gasteiger partial charge on any atom is -0.484 e. The molecule has 1 amide bonds. The van der Waals surface area contributed by atoms with E-state index < -0.39 is 10.0 Å². The van der Waals surface area contributed by atoms with Crippen molar-refractivity contribution in [2.24, 2.45) is 5.92 Å². The van der Waals surface area contributed by atoms with Crippen molar-refractivity contribution in [3.05, 3.63) is 24.3 Å². The van der Waals surface area contributed by atoms with Gasteiger partial charge in [-0.1, -0.05) is 6.92 Å². The van der Waals surface area contributed by atoms with Crippen molar-refractivity contribution in [3.8, 4) is 5.75 Å². The van der Waals surface area contributed by atoms with Crippen molar-refractivity contribution in [3.63, 3.8) is 0 Å². The molecule has 0 N–H and O–H groups in total. The average molecular weight is 381 g/mol. The molecule has 0 aliphatic carbocycles. The third-order valence-electron chi connectivity index (χ3n) is 5.28. The molecular weight excluding hydrogens is 352 g/mol. The number of nitrogens with zero attached hydrogens (tertiary/aromatic N) is 2. The Morgan fingerprint density at radius 2 is 1.65 bits per heavy atom. The molecule has 0 aromatic heterocycles. The lowest BCUT2D eigenvalue weighted by molar-refractivity contribution is -0.134. The Morgan fingerprint density at radius 1 is 1.04 bits per heavy atom. The second kappa shape index (κ2) is 8.39. The predicted molar refractivity (Wildman–Crippen MR) is 99.5 cm³/mol. The van der Waals surface area contributed by atoms with E-state index in [1.54, 1.807) is 28.6 Å². The Bertz CT molecular complexity index is 704. The molecule has 26 heavy (non-hydrogen) atoms. The third-order valence-corrected chi connectivity index (χ3v) is 7.19. The molecule has 6 nitrogen and oxygen atoms in total. The number of likely N-dealkylation sites (tertiary alicyclic amines) is 1. The maximum absolute atomic E-state index is 12.7. The van der Waals surface area contributed by atoms with Gasteiger partial charge in [-0.2, -0.15) is 4.31 Å². The molecule has 0 spiro atoms. The first kappa shape index (κ1) is 19.2. The topological polar surface area (TPSA) is 66.9 Å². The van der Waals surface area contributed by atoms with Crippen molar-refractivity contribution < 1.29 is 17.9 Å². The number of piperidine rings is 2. The van der Waals surface area contributed by atoms with Gasteiger partial charge in [0, 0.05) is 26.2 Å². The van der Waals surface area contributed by atoms with E-state index >= 15 is 0 Å². The van der Waals surface area contributed by atoms with Gasteiger partial charge in [-0.3, -0.25) is 4.79 Å². The maximum atomic E-state index is 12.7. The molecule has 0 unspecified atom stereocenters. The molecule has 144 valence electrons. The summed E-state index contributed by atoms with van der Waals surface area (Å²) in [5, 5.41) is 0. The normalized spacial score (nSPS) is 20.1. The Hall–Kier alpha value is -1.60. The van der Waals surface area contributed by atoms with E-state index in [4.69, 9.17) is 4.74 Å². The van der Waals surface area contributed by atoms with Gasteiger partial charge in [0.15, 0.2) is 6.61 Å². The van der Waals surface area contributed by atoms with Crippen molar-refractivity contribution >= 4 is 15.9 Å². The summed E-state index contributed by atoms with van der Waals surface area (Å²) in [7, 11) is -3.45. The van der Waals surface area contributed by atoms with E-state index in [9.17, 15) is 13.2 Å². The summed E-state index contributed by atoms with van der Waals surface area (Å²) in [6, 6.07) is 6.38. The van der Waals surface area contributed by atoms with Crippen LogP contribution < -0.4 is 4.74 Å². The van der Waals surface area contributed by atoms with E-state index in [1.807, 2.05) is 4.90 Å². The van der Waals surface area contributed by atoms with Crippen LogP contribution in [0.1, 0.15) is 39.0 Å². The zero-order valence-corrected chi connectivity index (χ0v) is 16.2. The largest absolute Gasteiger partial charge is 0.484 e. The Labute approximate surface area is 156 Å². The molecule has 2 saturated heterocycles. The molecule has 3 rings (SSSR count). The summed E-state index contributed by atoms with van der Waals surface area (Å²) in [6.45, 7) is 4.90. The fraction of sp³-hybridized carbons (Fsp3) is 0.632. The predicted octanol–water partition coefficient (Wildman–Crippen LogP) is 2.50. The number of rotatable bonds is 5. The highest BCUT2D eigenvalue weighted by atomic mass is 32.2. The van der Waals surface area contributed by atoms with Crippen molar-refractivity contribution in [1.82, 2.24) is 9.21 Å². The van der Waals surface area contributed by atoms with Crippen molar-refractivity contribution in [2.75, 3.05) is 32.8 Å². The second-order valence-corrected chi connectivity index (χ2v) is 9.23. The van der Waals surface area contributed by atoms with Crippen molar-refractivity contribution in [1.29, 1.82) is 0 Å². The number of hydrogen-bond donors (Lipinski definition) is 0. The highest BCUT2D eigenvalue weighted by Gasteiger charge is 2.28. The molecule has 2 heterocycles. The van der Waals surface area contributed by atoms with E-state index in [-0.39, 0.29) is 17.4 Å². The summed E-state index contributed by atoms with van der Waals surface area (Å²) < 4.78 is 32.5. The van der Waals surface area contributed by atoms with Gasteiger partial charge in [0.25, 0.3) is 5.91 Å². The van der Waals surface area contributed by atoms with Gasteiger partial charge in [-0.05, 0) is 62.3 Å². The van der Waals surface area contributed by atoms with Gasteiger partial charge in [-0.25, -0.2) is 8.42 Å². The standard InChI is InChI=1S/C19H28N2O4S/c1-16-9-13-21(14-10-16)26(23,24)18-7-5-17(6-8-18)25-15-19(22)20-11-3-2-4-12-20/h5-8,16H,2-4,9-15H2,1H3. The van der Waals surface area contributed by atoms with E-state index in [0.29, 0.717) is 24.8 Å². The molecule has 0 radical (unpaired) electrons. The molecule has 0 saturated carbocycles. The van der Waals surface area contributed by atoms with E-state index in [2.05, 4.69) is 6.92 Å². The average Bonchev–Trinajstić information content (AvgIpc) is 2.67. The second-order valence-electron chi connectivity index (χ2n) is 7.29. The van der Waals surface area contributed by atoms with Crippen LogP contribution in [-0.4, -0.2) is 56.3 Å². The molecule has 0 atom stereocenters. The smallest absolute Gasteiger partial charge is 0.260 e. The van der Waals surface area contributed by atoms with Crippen LogP contribution in [0.3, 0.4) is 0 Å². The number of amides is 1. The monoisotopic (exact) mass is 380 g/mol. The van der Waals surface area contributed by atoms with E-state index in [0.717, 1.165) is 38.8 Å². The molecule has 2 fully saturated rings. The van der Waals surface area contributed by atoms with Gasteiger partial charge in [0.1, 0.15) is 5.75 Å². The quantitative estimate of drug-likeness (QED) is 0.787. The zero-order chi connectivity index (χ0) is 18.6. The number of carbonyl (C=O) groups excluding carboxylic acids is 1. The maximum Gasteiger partial charge on any atom is 0.260 e. The zero-order valence-electron chi connectivity index (χ0n) is 15.4. The number of ether oxygens (including phenoxy) is 1. The first-order valence-electron chi connectivity index (χ1n) is 9.47. The van der Waals surface area contributed by atoms with Crippen LogP contribution >= 0.6 is 0 Å². The lowest BCUT2D eigenvalue weighted by atomic mass is 10.0. The summed E-state index contributed by atoms with van der Waals surface area (Å²) in [5.41, 5.74) is 0. The number of carbonyl (C=O) groups is 1. The highest BCUT2D eigenvalue weighted by Crippen LogP contribution is 2.24.